The van der Waals surface area contributed by atoms with Crippen molar-refractivity contribution in [3.05, 3.63) is 91.0 Å². The van der Waals surface area contributed by atoms with Crippen molar-refractivity contribution in [1.82, 2.24) is 4.98 Å². The van der Waals surface area contributed by atoms with Gasteiger partial charge >= 0.3 is 0 Å². The molecule has 0 bridgehead atoms. The molecule has 4 nitrogen and oxygen atoms in total. The molecule has 0 saturated carbocycles. The minimum atomic E-state index is -0.420. The van der Waals surface area contributed by atoms with E-state index in [-0.39, 0.29) is 5.76 Å². The fourth-order valence-electron chi connectivity index (χ4n) is 2.77. The Morgan fingerprint density at radius 1 is 1.00 bits per heavy atom. The van der Waals surface area contributed by atoms with E-state index in [4.69, 9.17) is 50.8 Å². The van der Waals surface area contributed by atoms with Crippen molar-refractivity contribution < 1.29 is 9.21 Å². The first-order chi connectivity index (χ1) is 14.4. The average molecular weight is 498 g/mol. The Hall–Kier alpha value is -2.02. The van der Waals surface area contributed by atoms with Gasteiger partial charge < -0.3 is 4.42 Å². The Morgan fingerprint density at radius 2 is 1.77 bits per heavy atom. The molecule has 1 amide bonds. The summed E-state index contributed by atoms with van der Waals surface area (Å²) in [4.78, 5) is 17.7. The molecule has 0 saturated heterocycles. The van der Waals surface area contributed by atoms with E-state index in [0.717, 1.165) is 10.4 Å². The van der Waals surface area contributed by atoms with E-state index in [1.165, 1.54) is 11.3 Å². The fraction of sp³-hybridized carbons (Fsp3) is 0.0476. The number of furan rings is 1. The summed E-state index contributed by atoms with van der Waals surface area (Å²) in [6, 6.07) is 13.6. The van der Waals surface area contributed by atoms with Crippen molar-refractivity contribution in [2.75, 3.05) is 5.32 Å². The van der Waals surface area contributed by atoms with E-state index >= 15 is 0 Å². The highest BCUT2D eigenvalue weighted by atomic mass is 35.5. The molecule has 9 heteroatoms. The normalized spacial score (nSPS) is 10.9. The van der Waals surface area contributed by atoms with Crippen LogP contribution < -0.4 is 5.32 Å². The monoisotopic (exact) mass is 496 g/mol. The number of nitrogens with zero attached hydrogens (tertiary/aromatic N) is 1. The van der Waals surface area contributed by atoms with Crippen LogP contribution >= 0.6 is 57.7 Å². The van der Waals surface area contributed by atoms with Crippen LogP contribution in [0, 0.1) is 0 Å². The molecule has 30 heavy (non-hydrogen) atoms. The Kier molecular flexibility index (Phi) is 6.37. The second-order valence-corrected chi connectivity index (χ2v) is 9.02. The number of nitrogens with one attached hydrogen (secondary N) is 1. The molecule has 0 radical (unpaired) electrons. The number of carbonyl (C=O) groups excluding carboxylic acids is 1. The number of hydrogen-bond acceptors (Lipinski definition) is 4. The molecule has 0 aliphatic heterocycles. The van der Waals surface area contributed by atoms with Gasteiger partial charge in [0.1, 0.15) is 5.76 Å². The number of aromatic nitrogens is 1. The van der Waals surface area contributed by atoms with Gasteiger partial charge in [0.15, 0.2) is 10.9 Å². The first kappa shape index (κ1) is 21.2. The van der Waals surface area contributed by atoms with Crippen LogP contribution in [0.2, 0.25) is 20.1 Å². The quantitative estimate of drug-likeness (QED) is 0.305. The van der Waals surface area contributed by atoms with Crippen LogP contribution in [0.4, 0.5) is 5.13 Å². The van der Waals surface area contributed by atoms with Crippen molar-refractivity contribution in [2.45, 2.75) is 6.42 Å². The molecule has 1 N–H and O–H groups in total. The van der Waals surface area contributed by atoms with Crippen LogP contribution in [-0.2, 0) is 6.42 Å². The summed E-state index contributed by atoms with van der Waals surface area (Å²) in [6.07, 6.45) is 2.20. The first-order valence-corrected chi connectivity index (χ1v) is 11.0. The summed E-state index contributed by atoms with van der Waals surface area (Å²) in [5.74, 6) is 0.156. The largest absolute Gasteiger partial charge is 0.451 e. The smallest absolute Gasteiger partial charge is 0.293 e. The molecule has 0 fully saturated rings. The maximum Gasteiger partial charge on any atom is 0.293 e. The number of carbonyl (C=O) groups is 1. The van der Waals surface area contributed by atoms with Gasteiger partial charge in [-0.05, 0) is 48.0 Å². The Bertz CT molecular complexity index is 1220. The van der Waals surface area contributed by atoms with Gasteiger partial charge in [-0.2, -0.15) is 0 Å². The molecule has 0 unspecified atom stereocenters. The van der Waals surface area contributed by atoms with E-state index in [1.807, 2.05) is 0 Å². The predicted octanol–water partition coefficient (Wildman–Crippen LogP) is 7.86. The molecule has 4 aromatic rings. The van der Waals surface area contributed by atoms with E-state index in [0.29, 0.717) is 43.0 Å². The fourth-order valence-corrected chi connectivity index (χ4v) is 4.51. The summed E-state index contributed by atoms with van der Waals surface area (Å²) in [7, 11) is 0. The molecule has 2 heterocycles. The van der Waals surface area contributed by atoms with E-state index < -0.39 is 5.91 Å². The second-order valence-electron chi connectivity index (χ2n) is 6.25. The molecule has 0 aliphatic carbocycles. The Labute approximate surface area is 196 Å². The van der Waals surface area contributed by atoms with Gasteiger partial charge in [0.05, 0.1) is 5.02 Å². The zero-order chi connectivity index (χ0) is 21.3. The molecule has 2 aromatic carbocycles. The highest BCUT2D eigenvalue weighted by Gasteiger charge is 2.16. The SMILES string of the molecule is O=C(Nc1ncc(Cc2c(Cl)cccc2Cl)s1)c1ccc(-c2cc(Cl)ccc2Cl)o1. The van der Waals surface area contributed by atoms with E-state index in [1.54, 1.807) is 54.7 Å². The molecule has 2 aromatic heterocycles. The van der Waals surface area contributed by atoms with Gasteiger partial charge in [0.2, 0.25) is 0 Å². The minimum Gasteiger partial charge on any atom is -0.451 e. The van der Waals surface area contributed by atoms with Crippen molar-refractivity contribution in [1.29, 1.82) is 0 Å². The molecule has 0 atom stereocenters. The summed E-state index contributed by atoms with van der Waals surface area (Å²) in [6.45, 7) is 0. The zero-order valence-electron chi connectivity index (χ0n) is 15.1. The third-order valence-corrected chi connectivity index (χ3v) is 6.40. The average Bonchev–Trinajstić information content (AvgIpc) is 3.36. The van der Waals surface area contributed by atoms with Crippen LogP contribution in [0.15, 0.2) is 59.1 Å². The second kappa shape index (κ2) is 9.00. The summed E-state index contributed by atoms with van der Waals surface area (Å²) in [5.41, 5.74) is 1.42. The maximum atomic E-state index is 12.5. The van der Waals surface area contributed by atoms with E-state index in [2.05, 4.69) is 10.3 Å². The third kappa shape index (κ3) is 4.66. The van der Waals surface area contributed by atoms with Crippen molar-refractivity contribution in [3.8, 4) is 11.3 Å². The number of rotatable bonds is 5. The van der Waals surface area contributed by atoms with Gasteiger partial charge in [-0.15, -0.1) is 11.3 Å². The van der Waals surface area contributed by atoms with Crippen LogP contribution in [0.1, 0.15) is 21.0 Å². The molecular formula is C21H12Cl4N2O2S. The van der Waals surface area contributed by atoms with Gasteiger partial charge in [-0.1, -0.05) is 52.5 Å². The number of amides is 1. The highest BCUT2D eigenvalue weighted by Crippen LogP contribution is 2.33. The summed E-state index contributed by atoms with van der Waals surface area (Å²) >= 11 is 26.0. The summed E-state index contributed by atoms with van der Waals surface area (Å²) < 4.78 is 5.66. The van der Waals surface area contributed by atoms with Gasteiger partial charge in [0, 0.05) is 38.1 Å². The van der Waals surface area contributed by atoms with Crippen LogP contribution in [-0.4, -0.2) is 10.9 Å². The molecular weight excluding hydrogens is 486 g/mol. The number of halogens is 4. The lowest BCUT2D eigenvalue weighted by molar-refractivity contribution is 0.0997. The predicted molar refractivity (Wildman–Crippen MR) is 123 cm³/mol. The van der Waals surface area contributed by atoms with Gasteiger partial charge in [-0.3, -0.25) is 10.1 Å². The topological polar surface area (TPSA) is 55.1 Å². The highest BCUT2D eigenvalue weighted by molar-refractivity contribution is 7.15. The minimum absolute atomic E-state index is 0.131. The summed E-state index contributed by atoms with van der Waals surface area (Å²) in [5, 5.41) is 5.34. The lowest BCUT2D eigenvalue weighted by Gasteiger charge is -2.04. The van der Waals surface area contributed by atoms with Crippen LogP contribution in [0.5, 0.6) is 0 Å². The Morgan fingerprint density at radius 3 is 2.53 bits per heavy atom. The van der Waals surface area contributed by atoms with Crippen LogP contribution in [0.25, 0.3) is 11.3 Å². The van der Waals surface area contributed by atoms with E-state index in [9.17, 15) is 4.79 Å². The molecule has 152 valence electrons. The lowest BCUT2D eigenvalue weighted by Crippen LogP contribution is -2.10. The zero-order valence-corrected chi connectivity index (χ0v) is 18.9. The number of benzene rings is 2. The van der Waals surface area contributed by atoms with Gasteiger partial charge in [0.25, 0.3) is 5.91 Å². The van der Waals surface area contributed by atoms with Crippen molar-refractivity contribution >= 4 is 68.8 Å². The van der Waals surface area contributed by atoms with Crippen molar-refractivity contribution in [3.63, 3.8) is 0 Å². The standard InChI is InChI=1S/C21H12Cl4N2O2S/c22-11-4-5-17(25)14(8-11)18-6-7-19(29-18)20(28)27-21-26-10-12(30-21)9-13-15(23)2-1-3-16(13)24/h1-8,10H,9H2,(H,26,27,28). The Balaban J connectivity index is 1.48. The van der Waals surface area contributed by atoms with Gasteiger partial charge in [-0.25, -0.2) is 4.98 Å². The molecule has 0 aliphatic rings. The molecule has 0 spiro atoms. The first-order valence-electron chi connectivity index (χ1n) is 8.65. The number of thiazole rings is 1. The number of hydrogen-bond donors (Lipinski definition) is 1. The number of anilines is 1. The maximum absolute atomic E-state index is 12.5. The third-order valence-electron chi connectivity index (χ3n) is 4.21. The molecule has 4 rings (SSSR count). The van der Waals surface area contributed by atoms with Crippen molar-refractivity contribution in [2.24, 2.45) is 0 Å². The van der Waals surface area contributed by atoms with Crippen LogP contribution in [0.3, 0.4) is 0 Å². The lowest BCUT2D eigenvalue weighted by atomic mass is 10.1.